The van der Waals surface area contributed by atoms with Crippen molar-refractivity contribution in [3.8, 4) is 0 Å². The van der Waals surface area contributed by atoms with E-state index in [0.29, 0.717) is 0 Å². The zero-order valence-corrected chi connectivity index (χ0v) is 9.47. The Kier molecular flexibility index (Phi) is 4.79. The van der Waals surface area contributed by atoms with Crippen LogP contribution in [0.3, 0.4) is 0 Å². The maximum atomic E-state index is 3.51. The fourth-order valence-electron chi connectivity index (χ4n) is 2.81. The summed E-state index contributed by atoms with van der Waals surface area (Å²) in [7, 11) is 0. The molecule has 3 unspecified atom stereocenters. The van der Waals surface area contributed by atoms with E-state index in [1.807, 2.05) is 0 Å². The predicted octanol–water partition coefficient (Wildman–Crippen LogP) is 3.06. The molecular formula is C12H25N. The van der Waals surface area contributed by atoms with Gasteiger partial charge in [0.1, 0.15) is 0 Å². The van der Waals surface area contributed by atoms with Crippen LogP contribution in [0.2, 0.25) is 0 Å². The van der Waals surface area contributed by atoms with Crippen molar-refractivity contribution in [3.63, 3.8) is 0 Å². The third-order valence-electron chi connectivity index (χ3n) is 3.67. The molecular weight excluding hydrogens is 158 g/mol. The van der Waals surface area contributed by atoms with Crippen LogP contribution >= 0.6 is 0 Å². The van der Waals surface area contributed by atoms with Crippen molar-refractivity contribution in [2.45, 2.75) is 46.5 Å². The number of hydrogen-bond acceptors (Lipinski definition) is 1. The first kappa shape index (κ1) is 11.0. The molecule has 0 saturated carbocycles. The van der Waals surface area contributed by atoms with E-state index in [1.165, 1.54) is 38.8 Å². The van der Waals surface area contributed by atoms with Gasteiger partial charge in [0.05, 0.1) is 0 Å². The van der Waals surface area contributed by atoms with Crippen LogP contribution in [0.4, 0.5) is 0 Å². The second-order valence-corrected chi connectivity index (χ2v) is 4.59. The quantitative estimate of drug-likeness (QED) is 0.706. The van der Waals surface area contributed by atoms with Gasteiger partial charge in [0.2, 0.25) is 0 Å². The third-order valence-corrected chi connectivity index (χ3v) is 3.67. The average Bonchev–Trinajstić information content (AvgIpc) is 2.18. The summed E-state index contributed by atoms with van der Waals surface area (Å²) in [5.41, 5.74) is 0. The molecule has 0 aromatic heterocycles. The molecule has 1 rings (SSSR count). The van der Waals surface area contributed by atoms with E-state index < -0.39 is 0 Å². The first-order valence-corrected chi connectivity index (χ1v) is 6.00. The summed E-state index contributed by atoms with van der Waals surface area (Å²) in [5, 5.41) is 3.51. The molecule has 3 atom stereocenters. The molecule has 0 radical (unpaired) electrons. The molecule has 1 saturated heterocycles. The van der Waals surface area contributed by atoms with Gasteiger partial charge in [-0.15, -0.1) is 0 Å². The minimum absolute atomic E-state index is 0.940. The summed E-state index contributed by atoms with van der Waals surface area (Å²) >= 11 is 0. The lowest BCUT2D eigenvalue weighted by Crippen LogP contribution is -2.39. The van der Waals surface area contributed by atoms with E-state index in [-0.39, 0.29) is 0 Å². The zero-order valence-electron chi connectivity index (χ0n) is 9.47. The lowest BCUT2D eigenvalue weighted by Gasteiger charge is -2.35. The number of hydrogen-bond donors (Lipinski definition) is 1. The summed E-state index contributed by atoms with van der Waals surface area (Å²) in [6.07, 6.45) is 5.52. The monoisotopic (exact) mass is 183 g/mol. The Balaban J connectivity index is 2.43. The Morgan fingerprint density at radius 2 is 2.15 bits per heavy atom. The van der Waals surface area contributed by atoms with Gasteiger partial charge in [0.15, 0.2) is 0 Å². The van der Waals surface area contributed by atoms with Gasteiger partial charge in [-0.1, -0.05) is 40.0 Å². The standard InChI is InChI=1S/C12H25N/c1-4-6-10(3)12-7-8-13-9-11(12)5-2/h10-13H,4-9H2,1-3H3. The maximum absolute atomic E-state index is 3.51. The van der Waals surface area contributed by atoms with Crippen molar-refractivity contribution >= 4 is 0 Å². The lowest BCUT2D eigenvalue weighted by molar-refractivity contribution is 0.172. The van der Waals surface area contributed by atoms with Gasteiger partial charge in [0, 0.05) is 0 Å². The van der Waals surface area contributed by atoms with Crippen LogP contribution in [0.25, 0.3) is 0 Å². The average molecular weight is 183 g/mol. The first-order valence-electron chi connectivity index (χ1n) is 6.00. The van der Waals surface area contributed by atoms with E-state index in [4.69, 9.17) is 0 Å². The lowest BCUT2D eigenvalue weighted by atomic mass is 9.75. The normalized spacial score (nSPS) is 31.6. The van der Waals surface area contributed by atoms with Gasteiger partial charge in [-0.2, -0.15) is 0 Å². The van der Waals surface area contributed by atoms with Gasteiger partial charge in [-0.05, 0) is 37.3 Å². The Labute approximate surface area is 83.3 Å². The van der Waals surface area contributed by atoms with E-state index in [1.54, 1.807) is 0 Å². The summed E-state index contributed by atoms with van der Waals surface area (Å²) in [5.74, 6) is 2.87. The highest BCUT2D eigenvalue weighted by Gasteiger charge is 2.27. The fourth-order valence-corrected chi connectivity index (χ4v) is 2.81. The second kappa shape index (κ2) is 5.64. The maximum Gasteiger partial charge on any atom is -0.00179 e. The molecule has 1 N–H and O–H groups in total. The topological polar surface area (TPSA) is 12.0 Å². The molecule has 0 aliphatic carbocycles. The molecule has 1 fully saturated rings. The molecule has 1 heteroatoms. The second-order valence-electron chi connectivity index (χ2n) is 4.59. The number of rotatable bonds is 4. The van der Waals surface area contributed by atoms with Crippen molar-refractivity contribution in [2.24, 2.45) is 17.8 Å². The Morgan fingerprint density at radius 3 is 2.77 bits per heavy atom. The van der Waals surface area contributed by atoms with Gasteiger partial charge >= 0.3 is 0 Å². The largest absolute Gasteiger partial charge is 0.316 e. The molecule has 0 spiro atoms. The Hall–Kier alpha value is -0.0400. The molecule has 0 amide bonds. The minimum atomic E-state index is 0.940. The molecule has 1 aliphatic heterocycles. The van der Waals surface area contributed by atoms with Crippen LogP contribution < -0.4 is 5.32 Å². The highest BCUT2D eigenvalue weighted by molar-refractivity contribution is 4.80. The van der Waals surface area contributed by atoms with E-state index >= 15 is 0 Å². The zero-order chi connectivity index (χ0) is 9.68. The van der Waals surface area contributed by atoms with Crippen molar-refractivity contribution in [2.75, 3.05) is 13.1 Å². The van der Waals surface area contributed by atoms with Gasteiger partial charge in [-0.3, -0.25) is 0 Å². The third kappa shape index (κ3) is 2.98. The molecule has 1 aliphatic rings. The number of piperidine rings is 1. The van der Waals surface area contributed by atoms with Crippen molar-refractivity contribution < 1.29 is 0 Å². The van der Waals surface area contributed by atoms with Crippen molar-refractivity contribution in [1.82, 2.24) is 5.32 Å². The SMILES string of the molecule is CCCC(C)C1CCNCC1CC. The Bertz CT molecular complexity index is 133. The molecule has 0 bridgehead atoms. The van der Waals surface area contributed by atoms with Crippen molar-refractivity contribution in [3.05, 3.63) is 0 Å². The van der Waals surface area contributed by atoms with E-state index in [2.05, 4.69) is 26.1 Å². The Morgan fingerprint density at radius 1 is 1.38 bits per heavy atom. The van der Waals surface area contributed by atoms with Crippen LogP contribution in [0, 0.1) is 17.8 Å². The summed E-state index contributed by atoms with van der Waals surface area (Å²) < 4.78 is 0. The van der Waals surface area contributed by atoms with Crippen LogP contribution in [0.15, 0.2) is 0 Å². The molecule has 0 aromatic rings. The van der Waals surface area contributed by atoms with Crippen molar-refractivity contribution in [1.29, 1.82) is 0 Å². The van der Waals surface area contributed by atoms with Gasteiger partial charge in [0.25, 0.3) is 0 Å². The van der Waals surface area contributed by atoms with Crippen LogP contribution in [0.1, 0.15) is 46.5 Å². The summed E-state index contributed by atoms with van der Waals surface area (Å²) in [6.45, 7) is 9.59. The van der Waals surface area contributed by atoms with Crippen LogP contribution in [-0.4, -0.2) is 13.1 Å². The van der Waals surface area contributed by atoms with E-state index in [0.717, 1.165) is 17.8 Å². The molecule has 1 heterocycles. The highest BCUT2D eigenvalue weighted by Crippen LogP contribution is 2.31. The van der Waals surface area contributed by atoms with E-state index in [9.17, 15) is 0 Å². The van der Waals surface area contributed by atoms with Crippen LogP contribution in [0.5, 0.6) is 0 Å². The first-order chi connectivity index (χ1) is 6.29. The van der Waals surface area contributed by atoms with Gasteiger partial charge < -0.3 is 5.32 Å². The number of nitrogens with one attached hydrogen (secondary N) is 1. The summed E-state index contributed by atoms with van der Waals surface area (Å²) in [6, 6.07) is 0. The predicted molar refractivity (Wildman–Crippen MR) is 58.8 cm³/mol. The fraction of sp³-hybridized carbons (Fsp3) is 1.00. The molecule has 78 valence electrons. The molecule has 0 aromatic carbocycles. The smallest absolute Gasteiger partial charge is 0.00179 e. The molecule has 13 heavy (non-hydrogen) atoms. The van der Waals surface area contributed by atoms with Crippen LogP contribution in [-0.2, 0) is 0 Å². The minimum Gasteiger partial charge on any atom is -0.316 e. The summed E-state index contributed by atoms with van der Waals surface area (Å²) in [4.78, 5) is 0. The molecule has 1 nitrogen and oxygen atoms in total. The van der Waals surface area contributed by atoms with Gasteiger partial charge in [-0.25, -0.2) is 0 Å². The highest BCUT2D eigenvalue weighted by atomic mass is 14.9.